The number of rotatable bonds is 9. The summed E-state index contributed by atoms with van der Waals surface area (Å²) in [7, 11) is 0. The molecule has 8 N–H and O–H groups in total. The first-order chi connectivity index (χ1) is 10.9. The molecule has 1 heterocycles. The molecule has 3 atom stereocenters. The number of carbonyl (C=O) groups is 3. The van der Waals surface area contributed by atoms with Crippen LogP contribution in [0.4, 0.5) is 0 Å². The lowest BCUT2D eigenvalue weighted by Gasteiger charge is -2.20. The highest BCUT2D eigenvalue weighted by molar-refractivity contribution is 5.91. The number of nitrogens with zero attached hydrogens (tertiary/aromatic N) is 1. The van der Waals surface area contributed by atoms with Crippen LogP contribution in [-0.4, -0.2) is 74.4 Å². The third-order valence-corrected chi connectivity index (χ3v) is 2.94. The fourth-order valence-electron chi connectivity index (χ4n) is 1.64. The van der Waals surface area contributed by atoms with Crippen molar-refractivity contribution in [1.29, 1.82) is 0 Å². The number of nitrogens with two attached hydrogens (primary N) is 1. The molecule has 2 amide bonds. The minimum Gasteiger partial charge on any atom is -0.480 e. The van der Waals surface area contributed by atoms with E-state index in [0.717, 1.165) is 0 Å². The first-order valence-electron chi connectivity index (χ1n) is 6.67. The predicted molar refractivity (Wildman–Crippen MR) is 75.9 cm³/mol. The Morgan fingerprint density at radius 1 is 1.17 bits per heavy atom. The molecule has 3 unspecified atom stereocenters. The van der Waals surface area contributed by atoms with E-state index in [2.05, 4.69) is 20.6 Å². The maximum Gasteiger partial charge on any atom is 0.326 e. The maximum atomic E-state index is 12.0. The second-order valence-electron chi connectivity index (χ2n) is 4.71. The Morgan fingerprint density at radius 3 is 2.30 bits per heavy atom. The van der Waals surface area contributed by atoms with Crippen LogP contribution < -0.4 is 16.4 Å². The topological polar surface area (TPSA) is 191 Å². The van der Waals surface area contributed by atoms with Gasteiger partial charge in [-0.2, -0.15) is 0 Å². The Morgan fingerprint density at radius 2 is 1.83 bits per heavy atom. The van der Waals surface area contributed by atoms with Crippen LogP contribution in [0.5, 0.6) is 0 Å². The van der Waals surface area contributed by atoms with Crippen LogP contribution in [0, 0.1) is 0 Å². The standard InChI is InChI=1S/C12H19N5O6/c13-7(3-18)10(20)17-9(4-19)11(21)16-8(12(22)23)1-6-2-14-5-15-6/h2,5,7-9,18-19H,1,3-4,13H2,(H,14,15)(H,16,21)(H,17,20)(H,22,23). The van der Waals surface area contributed by atoms with Crippen molar-refractivity contribution in [2.24, 2.45) is 5.73 Å². The number of aliphatic carboxylic acids is 1. The number of hydrogen-bond donors (Lipinski definition) is 7. The number of aromatic nitrogens is 2. The van der Waals surface area contributed by atoms with Crippen LogP contribution in [0.15, 0.2) is 12.5 Å². The lowest BCUT2D eigenvalue weighted by Crippen LogP contribution is -2.56. The molecule has 128 valence electrons. The largest absolute Gasteiger partial charge is 0.480 e. The fraction of sp³-hybridized carbons (Fsp3) is 0.500. The zero-order chi connectivity index (χ0) is 17.4. The number of carbonyl (C=O) groups excluding carboxylic acids is 2. The van der Waals surface area contributed by atoms with Crippen LogP contribution in [0.2, 0.25) is 0 Å². The van der Waals surface area contributed by atoms with Gasteiger partial charge in [0.05, 0.1) is 19.5 Å². The predicted octanol–water partition coefficient (Wildman–Crippen LogP) is -3.68. The number of amides is 2. The van der Waals surface area contributed by atoms with Gasteiger partial charge in [0.1, 0.15) is 18.1 Å². The second-order valence-corrected chi connectivity index (χ2v) is 4.71. The molecule has 0 aliphatic carbocycles. The van der Waals surface area contributed by atoms with E-state index in [9.17, 15) is 14.4 Å². The molecule has 0 bridgehead atoms. The summed E-state index contributed by atoms with van der Waals surface area (Å²) in [6.07, 6.45) is 2.72. The molecule has 11 heteroatoms. The van der Waals surface area contributed by atoms with Crippen LogP contribution in [0.1, 0.15) is 5.69 Å². The summed E-state index contributed by atoms with van der Waals surface area (Å²) in [6.45, 7) is -1.39. The van der Waals surface area contributed by atoms with Crippen molar-refractivity contribution in [2.75, 3.05) is 13.2 Å². The number of H-pyrrole nitrogens is 1. The molecular formula is C12H19N5O6. The van der Waals surface area contributed by atoms with Crippen molar-refractivity contribution in [3.8, 4) is 0 Å². The van der Waals surface area contributed by atoms with Crippen molar-refractivity contribution in [1.82, 2.24) is 20.6 Å². The van der Waals surface area contributed by atoms with Crippen molar-refractivity contribution < 1.29 is 29.7 Å². The molecule has 0 saturated carbocycles. The Bertz CT molecular complexity index is 534. The minimum atomic E-state index is -1.39. The Kier molecular flexibility index (Phi) is 7.12. The molecule has 0 aromatic carbocycles. The van der Waals surface area contributed by atoms with Gasteiger partial charge in [0.15, 0.2) is 0 Å². The monoisotopic (exact) mass is 329 g/mol. The van der Waals surface area contributed by atoms with Gasteiger partial charge < -0.3 is 36.7 Å². The third kappa shape index (κ3) is 5.65. The van der Waals surface area contributed by atoms with Gasteiger partial charge in [0, 0.05) is 18.3 Å². The molecule has 11 nitrogen and oxygen atoms in total. The average Bonchev–Trinajstić information content (AvgIpc) is 3.03. The highest BCUT2D eigenvalue weighted by Gasteiger charge is 2.27. The quantitative estimate of drug-likeness (QED) is 0.241. The second kappa shape index (κ2) is 8.82. The normalized spacial score (nSPS) is 14.6. The van der Waals surface area contributed by atoms with Gasteiger partial charge in [-0.25, -0.2) is 9.78 Å². The van der Waals surface area contributed by atoms with Crippen LogP contribution in [0.25, 0.3) is 0 Å². The summed E-state index contributed by atoms with van der Waals surface area (Å²) in [5, 5.41) is 31.4. The number of aromatic amines is 1. The van der Waals surface area contributed by atoms with Gasteiger partial charge in [-0.05, 0) is 0 Å². The number of imidazole rings is 1. The Hall–Kier alpha value is -2.50. The van der Waals surface area contributed by atoms with Crippen molar-refractivity contribution in [3.05, 3.63) is 18.2 Å². The number of carboxylic acids is 1. The molecule has 1 rings (SSSR count). The summed E-state index contributed by atoms with van der Waals surface area (Å²) in [5.74, 6) is -3.02. The van der Waals surface area contributed by atoms with Crippen LogP contribution in [0.3, 0.4) is 0 Å². The molecular weight excluding hydrogens is 310 g/mol. The molecule has 0 aliphatic rings. The Balaban J connectivity index is 2.68. The van der Waals surface area contributed by atoms with E-state index in [4.69, 9.17) is 21.1 Å². The number of hydrogen-bond acceptors (Lipinski definition) is 7. The van der Waals surface area contributed by atoms with Gasteiger partial charge in [0.25, 0.3) is 0 Å². The minimum absolute atomic E-state index is 0.0523. The highest BCUT2D eigenvalue weighted by Crippen LogP contribution is 2.00. The lowest BCUT2D eigenvalue weighted by molar-refractivity contribution is -0.142. The van der Waals surface area contributed by atoms with E-state index in [1.165, 1.54) is 12.5 Å². The SMILES string of the molecule is NC(CO)C(=O)NC(CO)C(=O)NC(Cc1cnc[nH]1)C(=O)O. The number of aliphatic hydroxyl groups is 2. The van der Waals surface area contributed by atoms with E-state index >= 15 is 0 Å². The van der Waals surface area contributed by atoms with Gasteiger partial charge in [0.2, 0.25) is 11.8 Å². The van der Waals surface area contributed by atoms with E-state index < -0.39 is 49.1 Å². The fourth-order valence-corrected chi connectivity index (χ4v) is 1.64. The number of nitrogens with one attached hydrogen (secondary N) is 3. The van der Waals surface area contributed by atoms with Gasteiger partial charge >= 0.3 is 5.97 Å². The molecule has 0 radical (unpaired) electrons. The smallest absolute Gasteiger partial charge is 0.326 e. The third-order valence-electron chi connectivity index (χ3n) is 2.94. The van der Waals surface area contributed by atoms with E-state index in [1.54, 1.807) is 0 Å². The highest BCUT2D eigenvalue weighted by atomic mass is 16.4. The summed E-state index contributed by atoms with van der Waals surface area (Å²) < 4.78 is 0. The maximum absolute atomic E-state index is 12.0. The van der Waals surface area contributed by atoms with Gasteiger partial charge in [-0.15, -0.1) is 0 Å². The molecule has 23 heavy (non-hydrogen) atoms. The molecule has 1 aromatic rings. The molecule has 0 saturated heterocycles. The van der Waals surface area contributed by atoms with Crippen LogP contribution >= 0.6 is 0 Å². The van der Waals surface area contributed by atoms with Gasteiger partial charge in [-0.3, -0.25) is 9.59 Å². The van der Waals surface area contributed by atoms with Gasteiger partial charge in [-0.1, -0.05) is 0 Å². The summed E-state index contributed by atoms with van der Waals surface area (Å²) in [6, 6.07) is -3.92. The molecule has 0 aliphatic heterocycles. The first kappa shape index (κ1) is 18.5. The zero-order valence-corrected chi connectivity index (χ0v) is 12.1. The first-order valence-corrected chi connectivity index (χ1v) is 6.67. The van der Waals surface area contributed by atoms with E-state index in [-0.39, 0.29) is 6.42 Å². The van der Waals surface area contributed by atoms with E-state index in [1.807, 2.05) is 0 Å². The lowest BCUT2D eigenvalue weighted by atomic mass is 10.1. The zero-order valence-electron chi connectivity index (χ0n) is 12.1. The number of carboxylic acid groups (broad SMARTS) is 1. The number of aliphatic hydroxyl groups excluding tert-OH is 2. The van der Waals surface area contributed by atoms with Crippen LogP contribution in [-0.2, 0) is 20.8 Å². The molecule has 0 spiro atoms. The average molecular weight is 329 g/mol. The Labute approximate surface area is 130 Å². The molecule has 1 aromatic heterocycles. The van der Waals surface area contributed by atoms with E-state index in [0.29, 0.717) is 5.69 Å². The van der Waals surface area contributed by atoms with Crippen molar-refractivity contribution in [3.63, 3.8) is 0 Å². The summed E-state index contributed by atoms with van der Waals surface area (Å²) in [5.41, 5.74) is 5.77. The summed E-state index contributed by atoms with van der Waals surface area (Å²) in [4.78, 5) is 41.1. The summed E-state index contributed by atoms with van der Waals surface area (Å²) >= 11 is 0. The molecule has 0 fully saturated rings. The van der Waals surface area contributed by atoms with Crippen molar-refractivity contribution in [2.45, 2.75) is 24.5 Å². The van der Waals surface area contributed by atoms with Crippen molar-refractivity contribution >= 4 is 17.8 Å².